The van der Waals surface area contributed by atoms with E-state index in [9.17, 15) is 0 Å². The molecule has 84 valence electrons. The number of nitrogens with zero attached hydrogens (tertiary/aromatic N) is 1. The van der Waals surface area contributed by atoms with Crippen LogP contribution in [0.5, 0.6) is 0 Å². The van der Waals surface area contributed by atoms with Crippen molar-refractivity contribution in [3.8, 4) is 6.07 Å². The van der Waals surface area contributed by atoms with E-state index in [2.05, 4.69) is 18.3 Å². The van der Waals surface area contributed by atoms with E-state index in [1.54, 1.807) is 6.07 Å². The summed E-state index contributed by atoms with van der Waals surface area (Å²) in [4.78, 5) is 0. The summed E-state index contributed by atoms with van der Waals surface area (Å²) in [5.74, 6) is 0. The molecule has 0 bridgehead atoms. The van der Waals surface area contributed by atoms with E-state index in [-0.39, 0.29) is 0 Å². The third kappa shape index (κ3) is 2.11. The molecule has 0 saturated heterocycles. The summed E-state index contributed by atoms with van der Waals surface area (Å²) in [5.41, 5.74) is 8.26. The Hall–Kier alpha value is -1.69. The number of benzene rings is 1. The van der Waals surface area contributed by atoms with Crippen molar-refractivity contribution in [2.24, 2.45) is 5.41 Å². The molecule has 0 spiro atoms. The highest BCUT2D eigenvalue weighted by Gasteiger charge is 2.40. The van der Waals surface area contributed by atoms with Crippen LogP contribution in [0, 0.1) is 16.7 Å². The van der Waals surface area contributed by atoms with Gasteiger partial charge in [-0.3, -0.25) is 0 Å². The van der Waals surface area contributed by atoms with Gasteiger partial charge in [0.15, 0.2) is 0 Å². The molecule has 3 heteroatoms. The van der Waals surface area contributed by atoms with Gasteiger partial charge in [0.05, 0.1) is 5.56 Å². The maximum absolute atomic E-state index is 8.87. The van der Waals surface area contributed by atoms with Gasteiger partial charge in [-0.25, -0.2) is 0 Å². The Morgan fingerprint density at radius 1 is 1.50 bits per heavy atom. The lowest BCUT2D eigenvalue weighted by molar-refractivity contribution is 0.521. The van der Waals surface area contributed by atoms with E-state index in [1.165, 1.54) is 19.3 Å². The molecule has 3 N–H and O–H groups in total. The molecule has 0 radical (unpaired) electrons. The van der Waals surface area contributed by atoms with Crippen LogP contribution in [-0.4, -0.2) is 6.54 Å². The van der Waals surface area contributed by atoms with Crippen molar-refractivity contribution in [2.45, 2.75) is 26.2 Å². The van der Waals surface area contributed by atoms with Crippen molar-refractivity contribution in [2.75, 3.05) is 17.6 Å². The van der Waals surface area contributed by atoms with Crippen LogP contribution in [0.1, 0.15) is 31.7 Å². The SMILES string of the molecule is CCC1(CNc2ccc(N)c(C#N)c2)CC1. The standard InChI is InChI=1S/C13H17N3/c1-2-13(5-6-13)9-16-11-3-4-12(15)10(7-11)8-14/h3-4,7,16H,2,5-6,9,15H2,1H3. The van der Waals surface area contributed by atoms with E-state index in [4.69, 9.17) is 11.0 Å². The van der Waals surface area contributed by atoms with E-state index < -0.39 is 0 Å². The van der Waals surface area contributed by atoms with Crippen LogP contribution in [0.3, 0.4) is 0 Å². The molecule has 0 amide bonds. The van der Waals surface area contributed by atoms with E-state index in [0.717, 1.165) is 12.2 Å². The highest BCUT2D eigenvalue weighted by molar-refractivity contribution is 5.61. The van der Waals surface area contributed by atoms with Crippen LogP contribution >= 0.6 is 0 Å². The number of nitrogens with one attached hydrogen (secondary N) is 1. The minimum atomic E-state index is 0.508. The van der Waals surface area contributed by atoms with E-state index >= 15 is 0 Å². The molecule has 0 atom stereocenters. The third-order valence-corrected chi connectivity index (χ3v) is 3.55. The van der Waals surface area contributed by atoms with Crippen LogP contribution in [-0.2, 0) is 0 Å². The minimum Gasteiger partial charge on any atom is -0.398 e. The van der Waals surface area contributed by atoms with Gasteiger partial charge in [-0.15, -0.1) is 0 Å². The number of nitriles is 1. The second-order valence-electron chi connectivity index (χ2n) is 4.62. The van der Waals surface area contributed by atoms with Crippen LogP contribution in [0.25, 0.3) is 0 Å². The number of hydrogen-bond donors (Lipinski definition) is 2. The predicted octanol–water partition coefficient (Wildman–Crippen LogP) is 2.74. The maximum atomic E-state index is 8.87. The van der Waals surface area contributed by atoms with Gasteiger partial charge in [-0.05, 0) is 42.9 Å². The van der Waals surface area contributed by atoms with E-state index in [0.29, 0.717) is 16.7 Å². The summed E-state index contributed by atoms with van der Waals surface area (Å²) in [6.45, 7) is 3.23. The lowest BCUT2D eigenvalue weighted by Gasteiger charge is -2.14. The molecule has 1 aliphatic rings. The van der Waals surface area contributed by atoms with Crippen LogP contribution < -0.4 is 11.1 Å². The topological polar surface area (TPSA) is 61.8 Å². The molecule has 3 nitrogen and oxygen atoms in total. The van der Waals surface area contributed by atoms with Crippen molar-refractivity contribution in [3.05, 3.63) is 23.8 Å². The second-order valence-corrected chi connectivity index (χ2v) is 4.62. The summed E-state index contributed by atoms with van der Waals surface area (Å²) < 4.78 is 0. The highest BCUT2D eigenvalue weighted by atomic mass is 14.9. The normalized spacial score (nSPS) is 16.5. The Kier molecular flexibility index (Phi) is 2.74. The smallest absolute Gasteiger partial charge is 0.101 e. The number of anilines is 2. The Bertz CT molecular complexity index is 427. The second kappa shape index (κ2) is 4.05. The third-order valence-electron chi connectivity index (χ3n) is 3.55. The van der Waals surface area contributed by atoms with Crippen molar-refractivity contribution in [3.63, 3.8) is 0 Å². The van der Waals surface area contributed by atoms with Gasteiger partial charge >= 0.3 is 0 Å². The summed E-state index contributed by atoms with van der Waals surface area (Å²) >= 11 is 0. The summed E-state index contributed by atoms with van der Waals surface area (Å²) in [6.07, 6.45) is 3.85. The van der Waals surface area contributed by atoms with E-state index in [1.807, 2.05) is 12.1 Å². The molecule has 0 aromatic heterocycles. The van der Waals surface area contributed by atoms with Gasteiger partial charge in [0.25, 0.3) is 0 Å². The molecule has 1 saturated carbocycles. The predicted molar refractivity (Wildman–Crippen MR) is 66.0 cm³/mol. The first-order valence-corrected chi connectivity index (χ1v) is 5.73. The zero-order valence-electron chi connectivity index (χ0n) is 9.59. The van der Waals surface area contributed by atoms with Crippen molar-refractivity contribution in [1.82, 2.24) is 0 Å². The first kappa shape index (κ1) is 10.8. The first-order chi connectivity index (χ1) is 7.69. The maximum Gasteiger partial charge on any atom is 0.101 e. The molecule has 1 fully saturated rings. The van der Waals surface area contributed by atoms with Crippen molar-refractivity contribution in [1.29, 1.82) is 5.26 Å². The number of nitrogen functional groups attached to an aromatic ring is 1. The molecule has 1 aromatic carbocycles. The van der Waals surface area contributed by atoms with Gasteiger partial charge in [0.2, 0.25) is 0 Å². The monoisotopic (exact) mass is 215 g/mol. The number of rotatable bonds is 4. The van der Waals surface area contributed by atoms with Crippen LogP contribution in [0.15, 0.2) is 18.2 Å². The summed E-state index contributed by atoms with van der Waals surface area (Å²) in [5, 5.41) is 12.3. The molecular formula is C13H17N3. The summed E-state index contributed by atoms with van der Waals surface area (Å²) in [7, 11) is 0. The van der Waals surface area contributed by atoms with Crippen molar-refractivity contribution < 1.29 is 0 Å². The molecule has 16 heavy (non-hydrogen) atoms. The van der Waals surface area contributed by atoms with Gasteiger partial charge in [0.1, 0.15) is 6.07 Å². The number of nitrogens with two attached hydrogens (primary N) is 1. The van der Waals surface area contributed by atoms with Crippen LogP contribution in [0.4, 0.5) is 11.4 Å². The van der Waals surface area contributed by atoms with Gasteiger partial charge in [0, 0.05) is 17.9 Å². The average molecular weight is 215 g/mol. The number of hydrogen-bond acceptors (Lipinski definition) is 3. The Labute approximate surface area is 96.3 Å². The average Bonchev–Trinajstić information content (AvgIpc) is 3.09. The Morgan fingerprint density at radius 2 is 2.25 bits per heavy atom. The highest BCUT2D eigenvalue weighted by Crippen LogP contribution is 2.48. The summed E-state index contributed by atoms with van der Waals surface area (Å²) in [6, 6.07) is 7.63. The molecular weight excluding hydrogens is 198 g/mol. The zero-order chi connectivity index (χ0) is 11.6. The molecule has 1 aromatic rings. The van der Waals surface area contributed by atoms with Crippen molar-refractivity contribution >= 4 is 11.4 Å². The molecule has 0 unspecified atom stereocenters. The lowest BCUT2D eigenvalue weighted by atomic mass is 10.0. The van der Waals surface area contributed by atoms with Gasteiger partial charge < -0.3 is 11.1 Å². The lowest BCUT2D eigenvalue weighted by Crippen LogP contribution is -2.14. The first-order valence-electron chi connectivity index (χ1n) is 5.73. The minimum absolute atomic E-state index is 0.508. The molecule has 0 heterocycles. The Balaban J connectivity index is 2.03. The fourth-order valence-electron chi connectivity index (χ4n) is 1.88. The van der Waals surface area contributed by atoms with Crippen LogP contribution in [0.2, 0.25) is 0 Å². The van der Waals surface area contributed by atoms with Gasteiger partial charge in [-0.1, -0.05) is 6.92 Å². The molecule has 0 aliphatic heterocycles. The molecule has 1 aliphatic carbocycles. The largest absolute Gasteiger partial charge is 0.398 e. The van der Waals surface area contributed by atoms with Gasteiger partial charge in [-0.2, -0.15) is 5.26 Å². The zero-order valence-corrected chi connectivity index (χ0v) is 9.59. The Morgan fingerprint density at radius 3 is 2.81 bits per heavy atom. The fraction of sp³-hybridized carbons (Fsp3) is 0.462. The molecule has 2 rings (SSSR count). The quantitative estimate of drug-likeness (QED) is 0.759. The fourth-order valence-corrected chi connectivity index (χ4v) is 1.88.